The Morgan fingerprint density at radius 3 is 1.18 bits per heavy atom. The van der Waals surface area contributed by atoms with Gasteiger partial charge in [0.2, 0.25) is 0 Å². The molecule has 5 heteroatoms. The van der Waals surface area contributed by atoms with Gasteiger partial charge >= 0.3 is 59.1 Å². The van der Waals surface area contributed by atoms with Crippen LogP contribution in [0.15, 0.2) is 68.1 Å². The fourth-order valence-corrected chi connectivity index (χ4v) is 2.24. The molecule has 0 saturated carbocycles. The Labute approximate surface area is 162 Å². The normalized spacial score (nSPS) is 8.94. The van der Waals surface area contributed by atoms with Crippen LogP contribution in [0.5, 0.6) is 0 Å². The van der Waals surface area contributed by atoms with Crippen LogP contribution >= 0.6 is 11.8 Å². The average molecular weight is 294 g/mol. The van der Waals surface area contributed by atoms with Gasteiger partial charge in [-0.1, -0.05) is 36.0 Å². The van der Waals surface area contributed by atoms with Crippen molar-refractivity contribution in [3.05, 3.63) is 48.5 Å². The van der Waals surface area contributed by atoms with Gasteiger partial charge in [-0.15, -0.1) is 0 Å². The van der Waals surface area contributed by atoms with E-state index in [2.05, 4.69) is 0 Å². The molecule has 17 heavy (non-hydrogen) atoms. The summed E-state index contributed by atoms with van der Waals surface area (Å²) in [5.41, 5.74) is 0. The summed E-state index contributed by atoms with van der Waals surface area (Å²) in [5.74, 6) is 0. The summed E-state index contributed by atoms with van der Waals surface area (Å²) in [5, 5.41) is 0. The Morgan fingerprint density at radius 1 is 0.588 bits per heavy atom. The van der Waals surface area contributed by atoms with Crippen LogP contribution in [0.3, 0.4) is 0 Å². The van der Waals surface area contributed by atoms with Gasteiger partial charge in [0.1, 0.15) is 0 Å². The van der Waals surface area contributed by atoms with Crippen molar-refractivity contribution in [3.8, 4) is 0 Å². The van der Waals surface area contributed by atoms with E-state index >= 15 is 0 Å². The zero-order chi connectivity index (χ0) is 10.7. The molecule has 0 atom stereocenters. The number of hydrogen-bond donors (Lipinski definition) is 0. The minimum atomic E-state index is 0. The van der Waals surface area contributed by atoms with Crippen molar-refractivity contribution in [2.45, 2.75) is 19.6 Å². The zero-order valence-electron chi connectivity index (χ0n) is 9.84. The van der Waals surface area contributed by atoms with E-state index < -0.39 is 0 Å². The van der Waals surface area contributed by atoms with Crippen LogP contribution in [-0.2, 0) is 25.3 Å². The van der Waals surface area contributed by atoms with E-state index in [1.165, 1.54) is 9.79 Å². The Hall–Kier alpha value is 1.23. The molecule has 0 amide bonds. The van der Waals surface area contributed by atoms with Crippen molar-refractivity contribution in [1.82, 2.24) is 0 Å². The molecular weight excluding hydrogens is 286 g/mol. The van der Waals surface area contributed by atoms with Crippen LogP contribution in [0.25, 0.3) is 0 Å². The smallest absolute Gasteiger partial charge is 0.780 e. The van der Waals surface area contributed by atoms with E-state index in [4.69, 9.17) is 25.3 Å². The summed E-state index contributed by atoms with van der Waals surface area (Å²) in [6.45, 7) is 0. The fourth-order valence-electron chi connectivity index (χ4n) is 1.15. The first kappa shape index (κ1) is 18.2. The molecule has 2 aromatic carbocycles. The first-order valence-corrected chi connectivity index (χ1v) is 6.09. The second kappa shape index (κ2) is 9.18. The maximum absolute atomic E-state index is 5.03. The topological polar surface area (TPSA) is 0 Å². The fraction of sp³-hybridized carbons (Fsp3) is 0. The van der Waals surface area contributed by atoms with Crippen LogP contribution in [0.2, 0.25) is 0 Å². The molecule has 0 aromatic heterocycles. The summed E-state index contributed by atoms with van der Waals surface area (Å²) in [6, 6.07) is 15.9. The molecule has 0 saturated heterocycles. The van der Waals surface area contributed by atoms with Gasteiger partial charge in [-0.05, 0) is 24.3 Å². The first-order valence-electron chi connectivity index (χ1n) is 4.46. The molecule has 76 valence electrons. The molecule has 0 bridgehead atoms. The van der Waals surface area contributed by atoms with Crippen molar-refractivity contribution < 1.29 is 59.1 Å². The molecule has 0 heterocycles. The minimum Gasteiger partial charge on any atom is -0.780 e. The van der Waals surface area contributed by atoms with Crippen molar-refractivity contribution in [2.24, 2.45) is 0 Å². The van der Waals surface area contributed by atoms with Crippen molar-refractivity contribution >= 4 is 37.0 Å². The van der Waals surface area contributed by atoms with E-state index in [-0.39, 0.29) is 59.1 Å². The Kier molecular flexibility index (Phi) is 9.85. The summed E-state index contributed by atoms with van der Waals surface area (Å²) < 4.78 is 0. The van der Waals surface area contributed by atoms with Crippen LogP contribution in [-0.4, -0.2) is 0 Å². The summed E-state index contributed by atoms with van der Waals surface area (Å²) in [6.07, 6.45) is 0. The van der Waals surface area contributed by atoms with E-state index in [9.17, 15) is 0 Å². The molecule has 0 unspecified atom stereocenters. The second-order valence-electron chi connectivity index (χ2n) is 3.04. The van der Waals surface area contributed by atoms with Crippen LogP contribution < -0.4 is 59.1 Å². The molecule has 0 N–H and O–H groups in total. The standard InChI is InChI=1S/C12H10S3.2Na/c13-9-1-5-11(6-2-9)15-12-7-3-10(14)4-8-12;;/h1-8,13-14H;;/q;2*+1/p-2. The van der Waals surface area contributed by atoms with Crippen LogP contribution in [0, 0.1) is 0 Å². The van der Waals surface area contributed by atoms with Crippen LogP contribution in [0.4, 0.5) is 0 Å². The molecule has 2 rings (SSSR count). The van der Waals surface area contributed by atoms with Crippen molar-refractivity contribution in [1.29, 1.82) is 0 Å². The number of hydrogen-bond acceptors (Lipinski definition) is 3. The summed E-state index contributed by atoms with van der Waals surface area (Å²) >= 11 is 11.8. The van der Waals surface area contributed by atoms with Crippen molar-refractivity contribution in [3.63, 3.8) is 0 Å². The van der Waals surface area contributed by atoms with Gasteiger partial charge in [0.25, 0.3) is 0 Å². The third-order valence-electron chi connectivity index (χ3n) is 1.88. The largest absolute Gasteiger partial charge is 1.00 e. The SMILES string of the molecule is [Na+].[Na+].[S-]c1ccc(Sc2ccc([S-])cc2)cc1. The van der Waals surface area contributed by atoms with Gasteiger partial charge in [-0.25, -0.2) is 0 Å². The molecule has 0 aliphatic heterocycles. The molecule has 0 spiro atoms. The molecule has 0 aliphatic rings. The third kappa shape index (κ3) is 6.28. The van der Waals surface area contributed by atoms with Gasteiger partial charge in [0, 0.05) is 9.79 Å². The monoisotopic (exact) mass is 294 g/mol. The Morgan fingerprint density at radius 2 is 0.882 bits per heavy atom. The van der Waals surface area contributed by atoms with Crippen molar-refractivity contribution in [2.75, 3.05) is 0 Å². The predicted molar refractivity (Wildman–Crippen MR) is 68.3 cm³/mol. The van der Waals surface area contributed by atoms with Gasteiger partial charge < -0.3 is 25.3 Å². The maximum Gasteiger partial charge on any atom is 1.00 e. The molecular formula is C12H8Na2S3. The second-order valence-corrected chi connectivity index (χ2v) is 5.13. The third-order valence-corrected chi connectivity index (χ3v) is 3.44. The Bertz CT molecular complexity index is 397. The summed E-state index contributed by atoms with van der Waals surface area (Å²) in [7, 11) is 0. The van der Waals surface area contributed by atoms with Crippen LogP contribution in [0.1, 0.15) is 0 Å². The molecule has 0 fully saturated rings. The molecule has 0 nitrogen and oxygen atoms in total. The van der Waals surface area contributed by atoms with E-state index in [0.717, 1.165) is 9.79 Å². The Balaban J connectivity index is 0.00000128. The van der Waals surface area contributed by atoms with Gasteiger partial charge in [0.05, 0.1) is 0 Å². The van der Waals surface area contributed by atoms with Gasteiger partial charge in [0.15, 0.2) is 0 Å². The average Bonchev–Trinajstić information content (AvgIpc) is 2.25. The summed E-state index contributed by atoms with van der Waals surface area (Å²) in [4.78, 5) is 4.14. The van der Waals surface area contributed by atoms with E-state index in [0.29, 0.717) is 0 Å². The first-order chi connectivity index (χ1) is 7.24. The zero-order valence-corrected chi connectivity index (χ0v) is 16.3. The predicted octanol–water partition coefficient (Wildman–Crippen LogP) is -2.34. The molecule has 0 aliphatic carbocycles. The quantitative estimate of drug-likeness (QED) is 0.450. The van der Waals surface area contributed by atoms with E-state index in [1.54, 1.807) is 11.8 Å². The molecule has 2 aromatic rings. The van der Waals surface area contributed by atoms with E-state index in [1.807, 2.05) is 48.5 Å². The van der Waals surface area contributed by atoms with Gasteiger partial charge in [-0.3, -0.25) is 0 Å². The molecule has 0 radical (unpaired) electrons. The minimum absolute atomic E-state index is 0. The number of benzene rings is 2. The van der Waals surface area contributed by atoms with Gasteiger partial charge in [-0.2, -0.15) is 9.79 Å². The maximum atomic E-state index is 5.03. The number of rotatable bonds is 2.